The van der Waals surface area contributed by atoms with Crippen LogP contribution in [0.3, 0.4) is 0 Å². The average molecular weight is 372 g/mol. The van der Waals surface area contributed by atoms with Gasteiger partial charge in [-0.05, 0) is 26.0 Å². The van der Waals surface area contributed by atoms with E-state index in [1.54, 1.807) is 15.2 Å². The van der Waals surface area contributed by atoms with Gasteiger partial charge in [0.25, 0.3) is 5.91 Å². The first-order valence-electron chi connectivity index (χ1n) is 8.59. The number of nitrogens with zero attached hydrogens (tertiary/aromatic N) is 2. The van der Waals surface area contributed by atoms with Gasteiger partial charge in [0.05, 0.1) is 0 Å². The van der Waals surface area contributed by atoms with Crippen molar-refractivity contribution < 1.29 is 19.1 Å². The fraction of sp³-hybridized carbons (Fsp3) is 0.368. The third-order valence-corrected chi connectivity index (χ3v) is 5.62. The van der Waals surface area contributed by atoms with Crippen molar-refractivity contribution in [3.05, 3.63) is 40.1 Å². The zero-order chi connectivity index (χ0) is 18.3. The summed E-state index contributed by atoms with van der Waals surface area (Å²) in [6.07, 6.45) is 0. The van der Waals surface area contributed by atoms with E-state index < -0.39 is 0 Å². The molecule has 0 aliphatic carbocycles. The molecule has 0 saturated carbocycles. The molecule has 1 atom stereocenters. The Morgan fingerprint density at radius 1 is 1.19 bits per heavy atom. The van der Waals surface area contributed by atoms with Gasteiger partial charge in [0, 0.05) is 23.7 Å². The minimum absolute atomic E-state index is 0.0570. The molecule has 0 radical (unpaired) electrons. The molecule has 2 aromatic rings. The molecule has 7 heteroatoms. The highest BCUT2D eigenvalue weighted by Gasteiger charge is 2.36. The lowest BCUT2D eigenvalue weighted by Gasteiger charge is -2.39. The van der Waals surface area contributed by atoms with Crippen LogP contribution in [0.4, 0.5) is 5.69 Å². The van der Waals surface area contributed by atoms with E-state index in [1.165, 1.54) is 11.3 Å². The third kappa shape index (κ3) is 2.92. The number of benzene rings is 1. The lowest BCUT2D eigenvalue weighted by molar-refractivity contribution is -0.121. The zero-order valence-corrected chi connectivity index (χ0v) is 15.5. The average Bonchev–Trinajstić information content (AvgIpc) is 3.08. The van der Waals surface area contributed by atoms with E-state index in [9.17, 15) is 9.59 Å². The van der Waals surface area contributed by atoms with Gasteiger partial charge in [0.1, 0.15) is 24.6 Å². The van der Waals surface area contributed by atoms with Gasteiger partial charge >= 0.3 is 0 Å². The summed E-state index contributed by atoms with van der Waals surface area (Å²) in [6, 6.07) is 7.76. The highest BCUT2D eigenvalue weighted by molar-refractivity contribution is 7.12. The second-order valence-electron chi connectivity index (χ2n) is 6.58. The molecular formula is C19H20N2O4S. The summed E-state index contributed by atoms with van der Waals surface area (Å²) in [7, 11) is 0. The number of carbonyl (C=O) groups excluding carboxylic acids is 2. The van der Waals surface area contributed by atoms with Gasteiger partial charge in [-0.1, -0.05) is 17.7 Å². The number of anilines is 1. The van der Waals surface area contributed by atoms with Gasteiger partial charge in [-0.2, -0.15) is 0 Å². The second-order valence-corrected chi connectivity index (χ2v) is 7.46. The summed E-state index contributed by atoms with van der Waals surface area (Å²) >= 11 is 1.30. The Hall–Kier alpha value is -2.54. The Bertz CT molecular complexity index is 846. The molecule has 1 aromatic carbocycles. The maximum Gasteiger partial charge on any atom is 0.268 e. The van der Waals surface area contributed by atoms with E-state index >= 15 is 0 Å². The van der Waals surface area contributed by atoms with Crippen molar-refractivity contribution in [2.45, 2.75) is 19.9 Å². The lowest BCUT2D eigenvalue weighted by Crippen LogP contribution is -2.57. The van der Waals surface area contributed by atoms with Crippen LogP contribution in [-0.2, 0) is 4.79 Å². The Morgan fingerprint density at radius 2 is 1.92 bits per heavy atom. The topological polar surface area (TPSA) is 59.1 Å². The van der Waals surface area contributed by atoms with E-state index in [1.807, 2.05) is 38.1 Å². The quantitative estimate of drug-likeness (QED) is 0.813. The highest BCUT2D eigenvalue weighted by Crippen LogP contribution is 2.40. The van der Waals surface area contributed by atoms with Gasteiger partial charge in [-0.15, -0.1) is 11.3 Å². The molecule has 3 heterocycles. The van der Waals surface area contributed by atoms with Crippen LogP contribution in [0, 0.1) is 6.92 Å². The zero-order valence-electron chi connectivity index (χ0n) is 14.7. The van der Waals surface area contributed by atoms with Gasteiger partial charge < -0.3 is 19.3 Å². The number of aryl methyl sites for hydroxylation is 1. The van der Waals surface area contributed by atoms with E-state index in [0.717, 1.165) is 11.3 Å². The van der Waals surface area contributed by atoms with Crippen molar-refractivity contribution in [3.8, 4) is 11.5 Å². The maximum absolute atomic E-state index is 13.0. The minimum atomic E-state index is -0.175. The number of hydrogen-bond donors (Lipinski definition) is 0. The Morgan fingerprint density at radius 3 is 2.69 bits per heavy atom. The van der Waals surface area contributed by atoms with Crippen LogP contribution in [-0.4, -0.2) is 49.1 Å². The van der Waals surface area contributed by atoms with E-state index in [4.69, 9.17) is 9.47 Å². The standard InChI is InChI=1S/C19H20N2O4S/c1-12-3-5-14(6-4-12)21-9-13(2)20(10-16(21)22)19(23)18-17-15(11-26-18)24-7-8-25-17/h3-6,11,13H,7-10H2,1-2H3. The van der Waals surface area contributed by atoms with Crippen LogP contribution < -0.4 is 14.4 Å². The van der Waals surface area contributed by atoms with Crippen LogP contribution >= 0.6 is 11.3 Å². The van der Waals surface area contributed by atoms with Gasteiger partial charge in [0.15, 0.2) is 11.5 Å². The van der Waals surface area contributed by atoms with Crippen LogP contribution in [0.25, 0.3) is 0 Å². The van der Waals surface area contributed by atoms with E-state index in [-0.39, 0.29) is 24.4 Å². The first-order valence-corrected chi connectivity index (χ1v) is 9.47. The van der Waals surface area contributed by atoms with Crippen molar-refractivity contribution in [1.29, 1.82) is 0 Å². The molecule has 26 heavy (non-hydrogen) atoms. The highest BCUT2D eigenvalue weighted by atomic mass is 32.1. The molecule has 1 aromatic heterocycles. The summed E-state index contributed by atoms with van der Waals surface area (Å²) < 4.78 is 11.1. The SMILES string of the molecule is Cc1ccc(N2CC(C)N(C(=O)c3scc4c3OCCO4)CC2=O)cc1. The third-order valence-electron chi connectivity index (χ3n) is 4.69. The van der Waals surface area contributed by atoms with Crippen molar-refractivity contribution in [2.75, 3.05) is 31.2 Å². The molecule has 4 rings (SSSR count). The largest absolute Gasteiger partial charge is 0.485 e. The molecule has 1 fully saturated rings. The van der Waals surface area contributed by atoms with Gasteiger partial charge in [-0.3, -0.25) is 9.59 Å². The molecule has 0 N–H and O–H groups in total. The van der Waals surface area contributed by atoms with Crippen LogP contribution in [0.1, 0.15) is 22.2 Å². The van der Waals surface area contributed by atoms with Crippen molar-refractivity contribution >= 4 is 28.8 Å². The monoisotopic (exact) mass is 372 g/mol. The minimum Gasteiger partial charge on any atom is -0.485 e. The molecule has 1 saturated heterocycles. The number of piperazine rings is 1. The normalized spacial score (nSPS) is 19.6. The number of amides is 2. The second kappa shape index (κ2) is 6.64. The molecule has 136 valence electrons. The van der Waals surface area contributed by atoms with Crippen molar-refractivity contribution in [1.82, 2.24) is 4.90 Å². The Kier molecular flexibility index (Phi) is 4.32. The number of hydrogen-bond acceptors (Lipinski definition) is 5. The first kappa shape index (κ1) is 16.9. The molecule has 2 amide bonds. The molecule has 2 aliphatic heterocycles. The van der Waals surface area contributed by atoms with Crippen molar-refractivity contribution in [2.24, 2.45) is 0 Å². The van der Waals surface area contributed by atoms with E-state index in [0.29, 0.717) is 36.1 Å². The van der Waals surface area contributed by atoms with Crippen LogP contribution in [0.15, 0.2) is 29.6 Å². The number of carbonyl (C=O) groups is 2. The maximum atomic E-state index is 13.0. The summed E-state index contributed by atoms with van der Waals surface area (Å²) in [5, 5.41) is 1.79. The summed E-state index contributed by atoms with van der Waals surface area (Å²) in [4.78, 5) is 29.6. The number of thiophene rings is 1. The predicted octanol–water partition coefficient (Wildman–Crippen LogP) is 2.71. The molecule has 0 spiro atoms. The fourth-order valence-corrected chi connectivity index (χ4v) is 4.12. The lowest BCUT2D eigenvalue weighted by atomic mass is 10.1. The predicted molar refractivity (Wildman–Crippen MR) is 99.3 cm³/mol. The summed E-state index contributed by atoms with van der Waals surface area (Å²) in [5.41, 5.74) is 2.01. The Balaban J connectivity index is 1.54. The molecule has 0 bridgehead atoms. The molecule has 1 unspecified atom stereocenters. The van der Waals surface area contributed by atoms with Crippen LogP contribution in [0.5, 0.6) is 11.5 Å². The summed E-state index contributed by atoms with van der Waals surface area (Å²) in [6.45, 7) is 5.42. The molecule has 2 aliphatic rings. The van der Waals surface area contributed by atoms with Gasteiger partial charge in [-0.25, -0.2) is 0 Å². The molecular weight excluding hydrogens is 352 g/mol. The van der Waals surface area contributed by atoms with Crippen LogP contribution in [0.2, 0.25) is 0 Å². The Labute approximate surface area is 155 Å². The fourth-order valence-electron chi connectivity index (χ4n) is 3.24. The number of ether oxygens (including phenoxy) is 2. The van der Waals surface area contributed by atoms with Crippen molar-refractivity contribution in [3.63, 3.8) is 0 Å². The number of fused-ring (bicyclic) bond motifs is 1. The smallest absolute Gasteiger partial charge is 0.268 e. The molecule has 6 nitrogen and oxygen atoms in total. The number of rotatable bonds is 2. The van der Waals surface area contributed by atoms with E-state index in [2.05, 4.69) is 0 Å². The van der Waals surface area contributed by atoms with Gasteiger partial charge in [0.2, 0.25) is 5.91 Å². The summed E-state index contributed by atoms with van der Waals surface area (Å²) in [5.74, 6) is 0.864. The first-order chi connectivity index (χ1) is 12.5.